The second-order valence-electron chi connectivity index (χ2n) is 9.67. The summed E-state index contributed by atoms with van der Waals surface area (Å²) in [4.78, 5) is 16.3. The maximum Gasteiger partial charge on any atom is 1.00 e. The van der Waals surface area contributed by atoms with Gasteiger partial charge < -0.3 is 24.5 Å². The van der Waals surface area contributed by atoms with E-state index in [9.17, 15) is 14.3 Å². The number of carbonyl (C=O) groups is 1. The number of hydrogen-bond acceptors (Lipinski definition) is 7. The molecule has 0 aliphatic rings. The molecule has 1 N–H and O–H groups in total. The standard InChI is InChI=1S/C25H27ClFN5O3Si.Li/c1-15-21(13-22(31-30-15)17-11-16(26)5-6-19(17)27)29-20-7-8-28-24-18(20)12-23(25(33)34)32(24)14-35-9-10-36(2,3)4;/h5-8,11-13H,9-10,14H2,1-4H3,(H,33,34)(H,28,29,31);/q;+1/p-1. The van der Waals surface area contributed by atoms with Crippen LogP contribution in [0.2, 0.25) is 30.7 Å². The van der Waals surface area contributed by atoms with E-state index < -0.39 is 19.9 Å². The molecule has 0 saturated heterocycles. The van der Waals surface area contributed by atoms with E-state index in [1.165, 1.54) is 28.8 Å². The first-order valence-corrected chi connectivity index (χ1v) is 15.5. The molecule has 37 heavy (non-hydrogen) atoms. The topological polar surface area (TPSA) is 105 Å². The third-order valence-electron chi connectivity index (χ3n) is 5.67. The number of aromatic carboxylic acids is 1. The van der Waals surface area contributed by atoms with Gasteiger partial charge in [-0.25, -0.2) is 9.37 Å². The number of aromatic nitrogens is 4. The Bertz CT molecular complexity index is 1440. The van der Waals surface area contributed by atoms with Crippen LogP contribution in [-0.2, 0) is 11.5 Å². The molecule has 0 bridgehead atoms. The normalized spacial score (nSPS) is 11.4. The van der Waals surface area contributed by atoms with Crippen molar-refractivity contribution in [2.75, 3.05) is 11.9 Å². The predicted molar refractivity (Wildman–Crippen MR) is 139 cm³/mol. The van der Waals surface area contributed by atoms with E-state index in [-0.39, 0.29) is 36.8 Å². The van der Waals surface area contributed by atoms with E-state index in [1.54, 1.807) is 25.3 Å². The van der Waals surface area contributed by atoms with Gasteiger partial charge in [-0.15, -0.1) is 0 Å². The van der Waals surface area contributed by atoms with Crippen LogP contribution in [0.4, 0.5) is 15.8 Å². The SMILES string of the molecule is Cc1nnc(-c2cc(Cl)ccc2F)cc1Nc1ccnc2c1cc(C(=O)[O-])n2COCC[Si](C)(C)C.[Li+]. The molecule has 0 radical (unpaired) electrons. The number of nitrogens with zero attached hydrogens (tertiary/aromatic N) is 4. The Morgan fingerprint density at radius 3 is 2.62 bits per heavy atom. The van der Waals surface area contributed by atoms with Crippen molar-refractivity contribution in [1.82, 2.24) is 19.7 Å². The third-order valence-corrected chi connectivity index (χ3v) is 7.61. The summed E-state index contributed by atoms with van der Waals surface area (Å²) in [5.74, 6) is -1.80. The van der Waals surface area contributed by atoms with Crippen molar-refractivity contribution in [3.8, 4) is 11.3 Å². The second kappa shape index (κ2) is 11.8. The largest absolute Gasteiger partial charge is 1.00 e. The van der Waals surface area contributed by atoms with Crippen molar-refractivity contribution in [1.29, 1.82) is 0 Å². The number of hydrogen-bond donors (Lipinski definition) is 1. The Morgan fingerprint density at radius 2 is 1.92 bits per heavy atom. The summed E-state index contributed by atoms with van der Waals surface area (Å²) in [5.41, 5.74) is 2.66. The van der Waals surface area contributed by atoms with E-state index in [4.69, 9.17) is 16.3 Å². The molecule has 188 valence electrons. The molecule has 0 spiro atoms. The summed E-state index contributed by atoms with van der Waals surface area (Å²) < 4.78 is 21.7. The van der Waals surface area contributed by atoms with Crippen LogP contribution < -0.4 is 29.3 Å². The Kier molecular flexibility index (Phi) is 9.15. The predicted octanol–water partition coefficient (Wildman–Crippen LogP) is 2.02. The van der Waals surface area contributed by atoms with Gasteiger partial charge in [-0.2, -0.15) is 10.2 Å². The quantitative estimate of drug-likeness (QED) is 0.259. The summed E-state index contributed by atoms with van der Waals surface area (Å²) in [6.45, 7) is 9.07. The number of fused-ring (bicyclic) bond motifs is 1. The number of benzene rings is 1. The van der Waals surface area contributed by atoms with Crippen molar-refractivity contribution < 1.29 is 37.9 Å². The number of nitrogens with one attached hydrogen (secondary N) is 1. The maximum absolute atomic E-state index is 14.4. The van der Waals surface area contributed by atoms with Gasteiger partial charge in [0, 0.05) is 36.8 Å². The van der Waals surface area contributed by atoms with Crippen molar-refractivity contribution in [3.05, 3.63) is 64.8 Å². The summed E-state index contributed by atoms with van der Waals surface area (Å²) in [5, 5.41) is 24.4. The van der Waals surface area contributed by atoms with E-state index >= 15 is 0 Å². The minimum absolute atomic E-state index is 0. The van der Waals surface area contributed by atoms with Crippen LogP contribution in [-0.4, -0.2) is 40.4 Å². The molecule has 0 aliphatic heterocycles. The molecule has 8 nitrogen and oxygen atoms in total. The van der Waals surface area contributed by atoms with Gasteiger partial charge in [0.05, 0.1) is 34.4 Å². The van der Waals surface area contributed by atoms with Crippen molar-refractivity contribution in [2.45, 2.75) is 39.3 Å². The van der Waals surface area contributed by atoms with Gasteiger partial charge in [-0.05, 0) is 49.4 Å². The van der Waals surface area contributed by atoms with E-state index in [0.717, 1.165) is 6.04 Å². The van der Waals surface area contributed by atoms with Crippen LogP contribution in [0.5, 0.6) is 0 Å². The number of rotatable bonds is 9. The molecule has 0 fully saturated rings. The minimum atomic E-state index is -1.33. The maximum atomic E-state index is 14.4. The van der Waals surface area contributed by atoms with Gasteiger partial charge in [0.25, 0.3) is 0 Å². The van der Waals surface area contributed by atoms with Gasteiger partial charge in [0.15, 0.2) is 0 Å². The number of ether oxygens (including phenoxy) is 1. The van der Waals surface area contributed by atoms with E-state index in [1.807, 2.05) is 0 Å². The molecule has 4 aromatic rings. The molecule has 12 heteroatoms. The number of carbonyl (C=O) groups excluding carboxylic acids is 1. The molecule has 1 aromatic carbocycles. The molecular formula is C25H26ClFLiN5O3Si. The average Bonchev–Trinajstić information content (AvgIpc) is 3.19. The summed E-state index contributed by atoms with van der Waals surface area (Å²) in [7, 11) is -1.29. The zero-order valence-electron chi connectivity index (χ0n) is 21.4. The molecule has 4 rings (SSSR count). The van der Waals surface area contributed by atoms with Crippen LogP contribution in [0.25, 0.3) is 22.3 Å². The number of anilines is 2. The molecule has 3 aromatic heterocycles. The third kappa shape index (κ3) is 6.77. The van der Waals surface area contributed by atoms with Crippen LogP contribution in [0.15, 0.2) is 42.6 Å². The fourth-order valence-electron chi connectivity index (χ4n) is 3.64. The zero-order chi connectivity index (χ0) is 26.0. The molecule has 3 heterocycles. The second-order valence-corrected chi connectivity index (χ2v) is 15.7. The number of carboxylic acid groups (broad SMARTS) is 1. The fourth-order valence-corrected chi connectivity index (χ4v) is 4.57. The molecular weight excluding hydrogens is 508 g/mol. The first-order valence-electron chi connectivity index (χ1n) is 11.4. The van der Waals surface area contributed by atoms with Crippen LogP contribution in [0, 0.1) is 12.7 Å². The average molecular weight is 534 g/mol. The van der Waals surface area contributed by atoms with Crippen molar-refractivity contribution in [3.63, 3.8) is 0 Å². The van der Waals surface area contributed by atoms with Gasteiger partial charge in [0.1, 0.15) is 18.2 Å². The minimum Gasteiger partial charge on any atom is -0.543 e. The van der Waals surface area contributed by atoms with Crippen LogP contribution >= 0.6 is 11.6 Å². The summed E-state index contributed by atoms with van der Waals surface area (Å²) >= 11 is 6.04. The number of pyridine rings is 1. The van der Waals surface area contributed by atoms with E-state index in [2.05, 4.69) is 40.1 Å². The summed E-state index contributed by atoms with van der Waals surface area (Å²) in [6, 6.07) is 10.1. The Balaban J connectivity index is 0.00000380. The smallest absolute Gasteiger partial charge is 0.543 e. The molecule has 0 aliphatic carbocycles. The van der Waals surface area contributed by atoms with Crippen LogP contribution in [0.3, 0.4) is 0 Å². The van der Waals surface area contributed by atoms with Gasteiger partial charge >= 0.3 is 18.9 Å². The van der Waals surface area contributed by atoms with Gasteiger partial charge in [-0.3, -0.25) is 0 Å². The fraction of sp³-hybridized carbons (Fsp3) is 0.280. The Labute approximate surface area is 232 Å². The zero-order valence-corrected chi connectivity index (χ0v) is 23.2. The number of aryl methyl sites for hydroxylation is 1. The Hall–Kier alpha value is -2.75. The monoisotopic (exact) mass is 533 g/mol. The summed E-state index contributed by atoms with van der Waals surface area (Å²) in [6.07, 6.45) is 1.57. The van der Waals surface area contributed by atoms with Crippen molar-refractivity contribution in [2.24, 2.45) is 0 Å². The van der Waals surface area contributed by atoms with Crippen LogP contribution in [0.1, 0.15) is 16.2 Å². The van der Waals surface area contributed by atoms with Crippen molar-refractivity contribution >= 4 is 48.1 Å². The number of halogens is 2. The molecule has 0 saturated carbocycles. The number of carboxylic acids is 1. The van der Waals surface area contributed by atoms with E-state index in [0.29, 0.717) is 45.4 Å². The first-order chi connectivity index (χ1) is 17.0. The molecule has 0 unspecified atom stereocenters. The molecule has 0 atom stereocenters. The van der Waals surface area contributed by atoms with Gasteiger partial charge in [0.2, 0.25) is 0 Å². The van der Waals surface area contributed by atoms with Gasteiger partial charge in [-0.1, -0.05) is 31.2 Å². The first kappa shape index (κ1) is 28.8. The molecule has 0 amide bonds. The Morgan fingerprint density at radius 1 is 1.16 bits per heavy atom.